The first-order valence-corrected chi connectivity index (χ1v) is 11.3. The Balaban J connectivity index is 1.72. The van der Waals surface area contributed by atoms with Gasteiger partial charge >= 0.3 is 0 Å². The van der Waals surface area contributed by atoms with E-state index in [1.165, 1.54) is 22.3 Å². The molecule has 1 aliphatic carbocycles. The van der Waals surface area contributed by atoms with Crippen molar-refractivity contribution in [2.24, 2.45) is 0 Å². The number of hydrogen-bond acceptors (Lipinski definition) is 5. The first kappa shape index (κ1) is 17.3. The van der Waals surface area contributed by atoms with Crippen molar-refractivity contribution in [3.63, 3.8) is 0 Å². The normalized spacial score (nSPS) is 13.4. The molecule has 0 radical (unpaired) electrons. The fourth-order valence-electron chi connectivity index (χ4n) is 2.94. The Hall–Kier alpha value is -1.12. The lowest BCUT2D eigenvalue weighted by molar-refractivity contribution is 0.600. The Labute approximate surface area is 163 Å². The van der Waals surface area contributed by atoms with Crippen LogP contribution in [0.3, 0.4) is 0 Å². The summed E-state index contributed by atoms with van der Waals surface area (Å²) in [4.78, 5) is 6.94. The molecule has 130 valence electrons. The van der Waals surface area contributed by atoms with Crippen LogP contribution in [0.1, 0.15) is 15.3 Å². The van der Waals surface area contributed by atoms with Gasteiger partial charge in [-0.2, -0.15) is 0 Å². The summed E-state index contributed by atoms with van der Waals surface area (Å²) < 4.78 is 28.2. The Bertz CT molecular complexity index is 1060. The summed E-state index contributed by atoms with van der Waals surface area (Å²) in [5.41, 5.74) is 2.48. The summed E-state index contributed by atoms with van der Waals surface area (Å²) >= 11 is 15.1. The van der Waals surface area contributed by atoms with Crippen molar-refractivity contribution < 1.29 is 8.42 Å². The van der Waals surface area contributed by atoms with Crippen molar-refractivity contribution in [2.75, 3.05) is 4.72 Å². The Morgan fingerprint density at radius 2 is 1.96 bits per heavy atom. The van der Waals surface area contributed by atoms with E-state index in [4.69, 9.17) is 23.2 Å². The first-order valence-electron chi connectivity index (χ1n) is 7.40. The van der Waals surface area contributed by atoms with Crippen LogP contribution in [0.25, 0.3) is 11.3 Å². The van der Waals surface area contributed by atoms with Crippen LogP contribution in [-0.2, 0) is 22.9 Å². The molecule has 4 rings (SSSR count). The number of thiazole rings is 1. The number of nitrogens with one attached hydrogen (secondary N) is 1. The van der Waals surface area contributed by atoms with E-state index in [1.54, 1.807) is 24.3 Å². The number of thiophene rings is 1. The maximum Gasteiger partial charge on any atom is 0.265 e. The number of hydrogen-bond donors (Lipinski definition) is 1. The molecule has 1 N–H and O–H groups in total. The predicted molar refractivity (Wildman–Crippen MR) is 105 cm³/mol. The summed E-state index contributed by atoms with van der Waals surface area (Å²) in [6.45, 7) is 1.66. The number of benzene rings is 1. The fraction of sp³-hybridized carbons (Fsp3) is 0.188. The molecule has 1 aliphatic rings. The van der Waals surface area contributed by atoms with Gasteiger partial charge in [0, 0.05) is 20.3 Å². The molecular formula is C16H12Cl2N2O2S3. The van der Waals surface area contributed by atoms with Crippen LogP contribution in [0.15, 0.2) is 28.5 Å². The third-order valence-electron chi connectivity index (χ3n) is 3.96. The third kappa shape index (κ3) is 3.08. The summed E-state index contributed by atoms with van der Waals surface area (Å²) in [6.07, 6.45) is 1.85. The van der Waals surface area contributed by atoms with Crippen LogP contribution in [0.4, 0.5) is 5.13 Å². The van der Waals surface area contributed by atoms with Gasteiger partial charge in [-0.25, -0.2) is 13.4 Å². The molecule has 2 heterocycles. The first-order chi connectivity index (χ1) is 11.8. The van der Waals surface area contributed by atoms with Crippen molar-refractivity contribution >= 4 is 61.0 Å². The Morgan fingerprint density at radius 3 is 2.72 bits per heavy atom. The summed E-state index contributed by atoms with van der Waals surface area (Å²) in [6, 6.07) is 5.04. The van der Waals surface area contributed by atoms with Crippen molar-refractivity contribution in [2.45, 2.75) is 24.7 Å². The standard InChI is InChI=1S/C16H12Cl2N2O2S3/c1-8-6-9(17)7-11(18)15(8)25(21,22)20-16-19-14-10-4-5-23-12(10)2-3-13(14)24-16/h4-7H,2-3H2,1H3,(H,19,20). The number of anilines is 1. The molecule has 0 fully saturated rings. The number of sulfonamides is 1. The van der Waals surface area contributed by atoms with Crippen LogP contribution < -0.4 is 4.72 Å². The van der Waals surface area contributed by atoms with E-state index in [-0.39, 0.29) is 9.92 Å². The van der Waals surface area contributed by atoms with E-state index in [1.807, 2.05) is 11.4 Å². The molecule has 25 heavy (non-hydrogen) atoms. The molecule has 0 unspecified atom stereocenters. The lowest BCUT2D eigenvalue weighted by Gasteiger charge is -2.10. The van der Waals surface area contributed by atoms with Gasteiger partial charge in [0.05, 0.1) is 10.7 Å². The maximum atomic E-state index is 12.8. The number of halogens is 2. The highest BCUT2D eigenvalue weighted by molar-refractivity contribution is 7.93. The van der Waals surface area contributed by atoms with Crippen LogP contribution in [-0.4, -0.2) is 13.4 Å². The van der Waals surface area contributed by atoms with Gasteiger partial charge < -0.3 is 0 Å². The number of aromatic nitrogens is 1. The van der Waals surface area contributed by atoms with E-state index in [9.17, 15) is 8.42 Å². The average molecular weight is 431 g/mol. The van der Waals surface area contributed by atoms with Gasteiger partial charge in [0.15, 0.2) is 5.13 Å². The van der Waals surface area contributed by atoms with Crippen LogP contribution in [0.5, 0.6) is 0 Å². The van der Waals surface area contributed by atoms with Crippen molar-refractivity contribution in [1.29, 1.82) is 0 Å². The smallest absolute Gasteiger partial charge is 0.255 e. The van der Waals surface area contributed by atoms with E-state index < -0.39 is 10.0 Å². The van der Waals surface area contributed by atoms with Gasteiger partial charge in [-0.1, -0.05) is 23.2 Å². The molecule has 0 saturated carbocycles. The minimum Gasteiger partial charge on any atom is -0.255 e. The lowest BCUT2D eigenvalue weighted by atomic mass is 10.0. The molecule has 0 spiro atoms. The molecule has 0 bridgehead atoms. The summed E-state index contributed by atoms with van der Waals surface area (Å²) in [5, 5.41) is 2.89. The van der Waals surface area contributed by atoms with Gasteiger partial charge in [-0.05, 0) is 48.9 Å². The van der Waals surface area contributed by atoms with Gasteiger partial charge in [0.25, 0.3) is 10.0 Å². The second-order valence-electron chi connectivity index (χ2n) is 5.69. The fourth-order valence-corrected chi connectivity index (χ4v) is 7.22. The molecule has 0 saturated heterocycles. The molecule has 9 heteroatoms. The zero-order chi connectivity index (χ0) is 17.8. The quantitative estimate of drug-likeness (QED) is 0.605. The molecule has 4 nitrogen and oxygen atoms in total. The van der Waals surface area contributed by atoms with E-state index in [0.717, 1.165) is 29.0 Å². The Kier molecular flexibility index (Phi) is 4.32. The number of aryl methyl sites for hydroxylation is 3. The topological polar surface area (TPSA) is 59.1 Å². The molecule has 0 atom stereocenters. The van der Waals surface area contributed by atoms with E-state index in [0.29, 0.717) is 15.7 Å². The van der Waals surface area contributed by atoms with Crippen molar-refractivity contribution in [1.82, 2.24) is 4.98 Å². The summed E-state index contributed by atoms with van der Waals surface area (Å²) in [5.74, 6) is 0. The van der Waals surface area contributed by atoms with Crippen LogP contribution in [0, 0.1) is 6.92 Å². The third-order valence-corrected chi connectivity index (χ3v) is 8.27. The van der Waals surface area contributed by atoms with Crippen LogP contribution in [0.2, 0.25) is 10.0 Å². The molecule has 0 aliphatic heterocycles. The average Bonchev–Trinajstić information content (AvgIpc) is 3.09. The molecule has 2 aromatic heterocycles. The highest BCUT2D eigenvalue weighted by Gasteiger charge is 2.26. The minimum absolute atomic E-state index is 0.0305. The minimum atomic E-state index is -3.84. The second kappa shape index (κ2) is 6.25. The second-order valence-corrected chi connectivity index (χ2v) is 10.2. The predicted octanol–water partition coefficient (Wildman–Crippen LogP) is 5.39. The molecular weight excluding hydrogens is 419 g/mol. The van der Waals surface area contributed by atoms with Crippen molar-refractivity contribution in [3.05, 3.63) is 48.9 Å². The van der Waals surface area contributed by atoms with E-state index >= 15 is 0 Å². The lowest BCUT2D eigenvalue weighted by Crippen LogP contribution is -2.14. The molecule has 3 aromatic rings. The molecule has 1 aromatic carbocycles. The Morgan fingerprint density at radius 1 is 1.20 bits per heavy atom. The highest BCUT2D eigenvalue weighted by atomic mass is 35.5. The SMILES string of the molecule is Cc1cc(Cl)cc(Cl)c1S(=O)(=O)Nc1nc2c(s1)CCc1sccc1-2. The monoisotopic (exact) mass is 430 g/mol. The molecule has 0 amide bonds. The van der Waals surface area contributed by atoms with Gasteiger partial charge in [0.1, 0.15) is 4.90 Å². The number of nitrogens with zero attached hydrogens (tertiary/aromatic N) is 1. The van der Waals surface area contributed by atoms with Gasteiger partial charge in [-0.3, -0.25) is 4.72 Å². The highest BCUT2D eigenvalue weighted by Crippen LogP contribution is 2.41. The zero-order valence-electron chi connectivity index (χ0n) is 13.0. The summed E-state index contributed by atoms with van der Waals surface area (Å²) in [7, 11) is -3.84. The van der Waals surface area contributed by atoms with Gasteiger partial charge in [-0.15, -0.1) is 22.7 Å². The largest absolute Gasteiger partial charge is 0.265 e. The van der Waals surface area contributed by atoms with Crippen molar-refractivity contribution in [3.8, 4) is 11.3 Å². The number of fused-ring (bicyclic) bond motifs is 3. The van der Waals surface area contributed by atoms with Gasteiger partial charge in [0.2, 0.25) is 0 Å². The zero-order valence-corrected chi connectivity index (χ0v) is 16.9. The van der Waals surface area contributed by atoms with E-state index in [2.05, 4.69) is 9.71 Å². The number of rotatable bonds is 3. The maximum absolute atomic E-state index is 12.8. The van der Waals surface area contributed by atoms with Crippen LogP contribution >= 0.6 is 45.9 Å².